The van der Waals surface area contributed by atoms with Crippen LogP contribution in [0, 0.1) is 15.9 Å². The van der Waals surface area contributed by atoms with Crippen LogP contribution in [0.1, 0.15) is 12.5 Å². The predicted octanol–water partition coefficient (Wildman–Crippen LogP) is 1.87. The highest BCUT2D eigenvalue weighted by Crippen LogP contribution is 2.17. The Bertz CT molecular complexity index is 390. The molecule has 0 aliphatic rings. The summed E-state index contributed by atoms with van der Waals surface area (Å²) in [5, 5.41) is 10.3. The van der Waals surface area contributed by atoms with Crippen LogP contribution in [0.3, 0.4) is 0 Å². The molecule has 5 heteroatoms. The molecule has 0 amide bonds. The van der Waals surface area contributed by atoms with E-state index in [1.807, 2.05) is 0 Å². The van der Waals surface area contributed by atoms with E-state index in [4.69, 9.17) is 0 Å². The van der Waals surface area contributed by atoms with Gasteiger partial charge in [0.2, 0.25) is 0 Å². The Morgan fingerprint density at radius 3 is 2.71 bits per heavy atom. The molecular formula is C9H8FNO3. The molecule has 0 heterocycles. The molecule has 1 rings (SSSR count). The van der Waals surface area contributed by atoms with Gasteiger partial charge in [0.15, 0.2) is 0 Å². The third kappa shape index (κ3) is 2.35. The molecule has 0 unspecified atom stereocenters. The molecule has 0 N–H and O–H groups in total. The van der Waals surface area contributed by atoms with Crippen LogP contribution in [0.2, 0.25) is 0 Å². The molecule has 0 aromatic heterocycles. The fourth-order valence-corrected chi connectivity index (χ4v) is 1.08. The number of carbonyl (C=O) groups is 1. The van der Waals surface area contributed by atoms with Crippen molar-refractivity contribution in [1.82, 2.24) is 0 Å². The van der Waals surface area contributed by atoms with E-state index in [-0.39, 0.29) is 23.5 Å². The van der Waals surface area contributed by atoms with E-state index in [0.717, 1.165) is 18.2 Å². The largest absolute Gasteiger partial charge is 0.300 e. The van der Waals surface area contributed by atoms with Crippen molar-refractivity contribution in [2.24, 2.45) is 0 Å². The zero-order valence-electron chi connectivity index (χ0n) is 7.49. The number of halogens is 1. The summed E-state index contributed by atoms with van der Waals surface area (Å²) in [6.07, 6.45) is -0.118. The summed E-state index contributed by atoms with van der Waals surface area (Å²) in [6, 6.07) is 3.14. The smallest absolute Gasteiger partial charge is 0.269 e. The number of ketones is 1. The molecule has 0 aliphatic carbocycles. The Morgan fingerprint density at radius 2 is 2.21 bits per heavy atom. The first kappa shape index (κ1) is 10.3. The maximum absolute atomic E-state index is 13.0. The van der Waals surface area contributed by atoms with Crippen molar-refractivity contribution >= 4 is 11.5 Å². The van der Waals surface area contributed by atoms with Gasteiger partial charge in [0.1, 0.15) is 11.6 Å². The summed E-state index contributed by atoms with van der Waals surface area (Å²) in [7, 11) is 0. The highest BCUT2D eigenvalue weighted by molar-refractivity contribution is 5.78. The molecule has 0 spiro atoms. The molecule has 0 bridgehead atoms. The first-order valence-electron chi connectivity index (χ1n) is 3.93. The highest BCUT2D eigenvalue weighted by atomic mass is 19.1. The SMILES string of the molecule is CC(=O)Cc1cc([N+](=O)[O-])ccc1F. The van der Waals surface area contributed by atoms with Gasteiger partial charge in [-0.05, 0) is 13.0 Å². The second-order valence-electron chi connectivity index (χ2n) is 2.91. The van der Waals surface area contributed by atoms with Gasteiger partial charge in [-0.1, -0.05) is 0 Å². The van der Waals surface area contributed by atoms with E-state index < -0.39 is 10.7 Å². The Kier molecular flexibility index (Phi) is 2.91. The van der Waals surface area contributed by atoms with Crippen molar-refractivity contribution < 1.29 is 14.1 Å². The molecular weight excluding hydrogens is 189 g/mol. The van der Waals surface area contributed by atoms with Gasteiger partial charge in [-0.15, -0.1) is 0 Å². The van der Waals surface area contributed by atoms with Gasteiger partial charge in [-0.2, -0.15) is 0 Å². The highest BCUT2D eigenvalue weighted by Gasteiger charge is 2.11. The summed E-state index contributed by atoms with van der Waals surface area (Å²) in [5.41, 5.74) is -0.144. The Hall–Kier alpha value is -1.78. The monoisotopic (exact) mass is 197 g/mol. The molecule has 4 nitrogen and oxygen atoms in total. The van der Waals surface area contributed by atoms with Crippen LogP contribution in [0.15, 0.2) is 18.2 Å². The summed E-state index contributed by atoms with van der Waals surface area (Å²) < 4.78 is 13.0. The molecule has 0 radical (unpaired) electrons. The lowest BCUT2D eigenvalue weighted by molar-refractivity contribution is -0.385. The number of rotatable bonds is 3. The topological polar surface area (TPSA) is 60.2 Å². The summed E-state index contributed by atoms with van der Waals surface area (Å²) in [4.78, 5) is 20.4. The molecule has 0 saturated carbocycles. The molecule has 14 heavy (non-hydrogen) atoms. The third-order valence-corrected chi connectivity index (χ3v) is 1.68. The second kappa shape index (κ2) is 3.95. The van der Waals surface area contributed by atoms with Crippen molar-refractivity contribution in [3.63, 3.8) is 0 Å². The molecule has 1 aromatic rings. The minimum Gasteiger partial charge on any atom is -0.300 e. The number of nitrogens with zero attached hydrogens (tertiary/aromatic N) is 1. The molecule has 0 saturated heterocycles. The van der Waals surface area contributed by atoms with E-state index in [9.17, 15) is 19.3 Å². The van der Waals surface area contributed by atoms with Crippen LogP contribution in [-0.4, -0.2) is 10.7 Å². The van der Waals surface area contributed by atoms with Gasteiger partial charge in [-0.25, -0.2) is 4.39 Å². The average molecular weight is 197 g/mol. The quantitative estimate of drug-likeness (QED) is 0.548. The van der Waals surface area contributed by atoms with Gasteiger partial charge in [0.05, 0.1) is 4.92 Å². The Labute approximate surface area is 79.5 Å². The number of hydrogen-bond donors (Lipinski definition) is 0. The van der Waals surface area contributed by atoms with E-state index in [1.54, 1.807) is 0 Å². The fourth-order valence-electron chi connectivity index (χ4n) is 1.08. The Morgan fingerprint density at radius 1 is 1.57 bits per heavy atom. The summed E-state index contributed by atoms with van der Waals surface area (Å²) >= 11 is 0. The predicted molar refractivity (Wildman–Crippen MR) is 47.4 cm³/mol. The lowest BCUT2D eigenvalue weighted by Gasteiger charge is -1.99. The number of Topliss-reactive ketones (excluding diaryl/α,β-unsaturated/α-hetero) is 1. The number of carbonyl (C=O) groups excluding carboxylic acids is 1. The van der Waals surface area contributed by atoms with E-state index in [1.165, 1.54) is 6.92 Å². The molecule has 0 atom stereocenters. The van der Waals surface area contributed by atoms with Gasteiger partial charge < -0.3 is 0 Å². The minimum absolute atomic E-state index is 0.0618. The van der Waals surface area contributed by atoms with Crippen molar-refractivity contribution in [1.29, 1.82) is 0 Å². The van der Waals surface area contributed by atoms with Gasteiger partial charge >= 0.3 is 0 Å². The average Bonchev–Trinajstić information content (AvgIpc) is 2.07. The number of benzene rings is 1. The van der Waals surface area contributed by atoms with Crippen LogP contribution in [-0.2, 0) is 11.2 Å². The van der Waals surface area contributed by atoms with Crippen LogP contribution in [0.4, 0.5) is 10.1 Å². The van der Waals surface area contributed by atoms with Gasteiger partial charge in [0, 0.05) is 24.1 Å². The van der Waals surface area contributed by atoms with Gasteiger partial charge in [-0.3, -0.25) is 14.9 Å². The van der Waals surface area contributed by atoms with Crippen molar-refractivity contribution in [3.8, 4) is 0 Å². The molecule has 74 valence electrons. The molecule has 0 aliphatic heterocycles. The number of nitro groups is 1. The zero-order valence-corrected chi connectivity index (χ0v) is 7.49. The fraction of sp³-hybridized carbons (Fsp3) is 0.222. The van der Waals surface area contributed by atoms with Gasteiger partial charge in [0.25, 0.3) is 5.69 Å². The summed E-state index contributed by atoms with van der Waals surface area (Å²) in [5.74, 6) is -0.824. The van der Waals surface area contributed by atoms with Crippen LogP contribution in [0.5, 0.6) is 0 Å². The van der Waals surface area contributed by atoms with Crippen molar-refractivity contribution in [2.45, 2.75) is 13.3 Å². The maximum atomic E-state index is 13.0. The zero-order chi connectivity index (χ0) is 10.7. The number of non-ortho nitro benzene ring substituents is 1. The minimum atomic E-state index is -0.622. The normalized spacial score (nSPS) is 9.86. The standard InChI is InChI=1S/C9H8FNO3/c1-6(12)4-7-5-8(11(13)14)2-3-9(7)10/h2-3,5H,4H2,1H3. The molecule has 0 fully saturated rings. The summed E-state index contributed by atoms with van der Waals surface area (Å²) in [6.45, 7) is 1.30. The number of hydrogen-bond acceptors (Lipinski definition) is 3. The number of nitro benzene ring substituents is 1. The lowest BCUT2D eigenvalue weighted by Crippen LogP contribution is -2.00. The Balaban J connectivity index is 3.08. The van der Waals surface area contributed by atoms with Crippen LogP contribution in [0.25, 0.3) is 0 Å². The van der Waals surface area contributed by atoms with E-state index in [2.05, 4.69) is 0 Å². The van der Waals surface area contributed by atoms with E-state index in [0.29, 0.717) is 0 Å². The van der Waals surface area contributed by atoms with Crippen LogP contribution >= 0.6 is 0 Å². The van der Waals surface area contributed by atoms with E-state index >= 15 is 0 Å². The van der Waals surface area contributed by atoms with Crippen molar-refractivity contribution in [2.75, 3.05) is 0 Å². The lowest BCUT2D eigenvalue weighted by atomic mass is 10.1. The van der Waals surface area contributed by atoms with Crippen LogP contribution < -0.4 is 0 Å². The third-order valence-electron chi connectivity index (χ3n) is 1.68. The second-order valence-corrected chi connectivity index (χ2v) is 2.91. The first-order valence-corrected chi connectivity index (χ1v) is 3.93. The molecule has 1 aromatic carbocycles. The maximum Gasteiger partial charge on any atom is 0.269 e. The van der Waals surface area contributed by atoms with Crippen molar-refractivity contribution in [3.05, 3.63) is 39.7 Å². The first-order chi connectivity index (χ1) is 6.50.